The van der Waals surface area contributed by atoms with E-state index in [0.717, 1.165) is 18.7 Å². The maximum atomic E-state index is 3.98. The molecule has 0 amide bonds. The van der Waals surface area contributed by atoms with Crippen molar-refractivity contribution in [1.82, 2.24) is 15.3 Å². The Morgan fingerprint density at radius 3 is 2.44 bits per heavy atom. The molecular formula is C13H23N3. The van der Waals surface area contributed by atoms with Crippen LogP contribution in [0, 0.1) is 0 Å². The molecule has 1 rings (SSSR count). The Bertz CT molecular complexity index is 249. The highest BCUT2D eigenvalue weighted by Gasteiger charge is 1.92. The summed E-state index contributed by atoms with van der Waals surface area (Å²) in [4.78, 5) is 7.96. The lowest BCUT2D eigenvalue weighted by molar-refractivity contribution is 0.571. The van der Waals surface area contributed by atoms with E-state index in [0.29, 0.717) is 0 Å². The molecule has 0 aliphatic rings. The van der Waals surface area contributed by atoms with Crippen molar-refractivity contribution in [2.45, 2.75) is 52.0 Å². The molecule has 1 N–H and O–H groups in total. The molecule has 0 saturated carbocycles. The van der Waals surface area contributed by atoms with E-state index in [1.165, 1.54) is 38.5 Å². The molecule has 0 spiro atoms. The highest BCUT2D eigenvalue weighted by molar-refractivity contribution is 5.01. The fraction of sp³-hybridized carbons (Fsp3) is 0.692. The average Bonchev–Trinajstić information content (AvgIpc) is 2.34. The highest BCUT2D eigenvalue weighted by atomic mass is 14.9. The summed E-state index contributed by atoms with van der Waals surface area (Å²) in [5.74, 6) is 0. The summed E-state index contributed by atoms with van der Waals surface area (Å²) in [6, 6.07) is 0. The molecule has 0 bridgehead atoms. The van der Waals surface area contributed by atoms with E-state index in [-0.39, 0.29) is 0 Å². The lowest BCUT2D eigenvalue weighted by Gasteiger charge is -2.04. The number of hydrogen-bond donors (Lipinski definition) is 1. The summed E-state index contributed by atoms with van der Waals surface area (Å²) in [6.07, 6.45) is 13.4. The van der Waals surface area contributed by atoms with Crippen molar-refractivity contribution in [1.29, 1.82) is 0 Å². The van der Waals surface area contributed by atoms with Gasteiger partial charge in [-0.25, -0.2) is 9.97 Å². The van der Waals surface area contributed by atoms with Gasteiger partial charge < -0.3 is 5.32 Å². The summed E-state index contributed by atoms with van der Waals surface area (Å²) in [7, 11) is 0. The standard InChI is InChI=1S/C13H23N3/c1-2-3-4-5-6-7-8-14-9-13-10-15-12-16-11-13/h10-12,14H,2-9H2,1H3. The first-order valence-corrected chi connectivity index (χ1v) is 6.38. The topological polar surface area (TPSA) is 37.8 Å². The lowest BCUT2D eigenvalue weighted by Crippen LogP contribution is -2.14. The molecule has 0 aliphatic carbocycles. The van der Waals surface area contributed by atoms with Gasteiger partial charge in [-0.3, -0.25) is 0 Å². The van der Waals surface area contributed by atoms with Crippen molar-refractivity contribution < 1.29 is 0 Å². The van der Waals surface area contributed by atoms with Gasteiger partial charge in [0.05, 0.1) is 0 Å². The summed E-state index contributed by atoms with van der Waals surface area (Å²) in [6.45, 7) is 4.24. The van der Waals surface area contributed by atoms with Crippen LogP contribution in [0.4, 0.5) is 0 Å². The van der Waals surface area contributed by atoms with Gasteiger partial charge >= 0.3 is 0 Å². The molecule has 0 aliphatic heterocycles. The van der Waals surface area contributed by atoms with E-state index in [9.17, 15) is 0 Å². The van der Waals surface area contributed by atoms with Crippen LogP contribution in [-0.2, 0) is 6.54 Å². The Morgan fingerprint density at radius 2 is 1.69 bits per heavy atom. The number of hydrogen-bond acceptors (Lipinski definition) is 3. The molecule has 0 atom stereocenters. The van der Waals surface area contributed by atoms with Gasteiger partial charge in [0, 0.05) is 24.5 Å². The Balaban J connectivity index is 1.89. The maximum absolute atomic E-state index is 3.98. The maximum Gasteiger partial charge on any atom is 0.115 e. The van der Waals surface area contributed by atoms with Gasteiger partial charge in [0.2, 0.25) is 0 Å². The second kappa shape index (κ2) is 9.28. The number of unbranched alkanes of at least 4 members (excludes halogenated alkanes) is 5. The molecule has 0 unspecified atom stereocenters. The van der Waals surface area contributed by atoms with E-state index in [1.807, 2.05) is 12.4 Å². The number of nitrogens with one attached hydrogen (secondary N) is 1. The molecule has 0 radical (unpaired) electrons. The molecule has 1 aromatic heterocycles. The molecule has 16 heavy (non-hydrogen) atoms. The molecule has 3 heteroatoms. The van der Waals surface area contributed by atoms with Crippen molar-refractivity contribution in [3.05, 3.63) is 24.3 Å². The smallest absolute Gasteiger partial charge is 0.115 e. The van der Waals surface area contributed by atoms with E-state index in [2.05, 4.69) is 22.2 Å². The van der Waals surface area contributed by atoms with Crippen LogP contribution in [0.2, 0.25) is 0 Å². The van der Waals surface area contributed by atoms with E-state index >= 15 is 0 Å². The Morgan fingerprint density at radius 1 is 1.00 bits per heavy atom. The quantitative estimate of drug-likeness (QED) is 0.651. The highest BCUT2D eigenvalue weighted by Crippen LogP contribution is 2.04. The zero-order valence-corrected chi connectivity index (χ0v) is 10.3. The summed E-state index contributed by atoms with van der Waals surface area (Å²) in [5, 5.41) is 3.41. The fourth-order valence-corrected chi connectivity index (χ4v) is 1.68. The van der Waals surface area contributed by atoms with Crippen molar-refractivity contribution in [2.24, 2.45) is 0 Å². The lowest BCUT2D eigenvalue weighted by atomic mass is 10.1. The van der Waals surface area contributed by atoms with Gasteiger partial charge in [-0.15, -0.1) is 0 Å². The third kappa shape index (κ3) is 6.51. The molecule has 90 valence electrons. The molecule has 1 aromatic rings. The van der Waals surface area contributed by atoms with Gasteiger partial charge in [-0.2, -0.15) is 0 Å². The van der Waals surface area contributed by atoms with Gasteiger partial charge in [-0.05, 0) is 13.0 Å². The van der Waals surface area contributed by atoms with Crippen LogP contribution in [0.25, 0.3) is 0 Å². The van der Waals surface area contributed by atoms with Crippen molar-refractivity contribution in [3.8, 4) is 0 Å². The van der Waals surface area contributed by atoms with Crippen molar-refractivity contribution in [2.75, 3.05) is 6.54 Å². The minimum absolute atomic E-state index is 0.885. The second-order valence-corrected chi connectivity index (χ2v) is 4.19. The number of nitrogens with zero attached hydrogens (tertiary/aromatic N) is 2. The largest absolute Gasteiger partial charge is 0.313 e. The first-order chi connectivity index (χ1) is 7.93. The third-order valence-electron chi connectivity index (χ3n) is 2.65. The predicted molar refractivity (Wildman–Crippen MR) is 67.1 cm³/mol. The summed E-state index contributed by atoms with van der Waals surface area (Å²) < 4.78 is 0. The summed E-state index contributed by atoms with van der Waals surface area (Å²) >= 11 is 0. The summed E-state index contributed by atoms with van der Waals surface area (Å²) in [5.41, 5.74) is 1.16. The molecule has 0 aromatic carbocycles. The molecule has 0 fully saturated rings. The minimum atomic E-state index is 0.885. The Labute approximate surface area is 98.7 Å². The van der Waals surface area contributed by atoms with Crippen LogP contribution < -0.4 is 5.32 Å². The minimum Gasteiger partial charge on any atom is -0.313 e. The van der Waals surface area contributed by atoms with E-state index < -0.39 is 0 Å². The average molecular weight is 221 g/mol. The molecule has 0 saturated heterocycles. The van der Waals surface area contributed by atoms with Crippen LogP contribution in [0.15, 0.2) is 18.7 Å². The van der Waals surface area contributed by atoms with Crippen molar-refractivity contribution >= 4 is 0 Å². The van der Waals surface area contributed by atoms with Crippen LogP contribution in [0.1, 0.15) is 51.0 Å². The van der Waals surface area contributed by atoms with E-state index in [1.54, 1.807) is 6.33 Å². The first kappa shape index (κ1) is 13.1. The number of aromatic nitrogens is 2. The Hall–Kier alpha value is -0.960. The monoisotopic (exact) mass is 221 g/mol. The van der Waals surface area contributed by atoms with Crippen LogP contribution in [-0.4, -0.2) is 16.5 Å². The fourth-order valence-electron chi connectivity index (χ4n) is 1.68. The van der Waals surface area contributed by atoms with Gasteiger partial charge in [0.15, 0.2) is 0 Å². The normalized spacial score (nSPS) is 10.6. The van der Waals surface area contributed by atoms with Crippen molar-refractivity contribution in [3.63, 3.8) is 0 Å². The number of rotatable bonds is 9. The Kier molecular flexibility index (Phi) is 7.60. The SMILES string of the molecule is CCCCCCCCNCc1cncnc1. The molecular weight excluding hydrogens is 198 g/mol. The zero-order chi connectivity index (χ0) is 11.5. The first-order valence-electron chi connectivity index (χ1n) is 6.38. The zero-order valence-electron chi connectivity index (χ0n) is 10.3. The van der Waals surface area contributed by atoms with Crippen LogP contribution in [0.3, 0.4) is 0 Å². The molecule has 3 nitrogen and oxygen atoms in total. The molecule has 1 heterocycles. The van der Waals surface area contributed by atoms with Crippen LogP contribution in [0.5, 0.6) is 0 Å². The van der Waals surface area contributed by atoms with Gasteiger partial charge in [-0.1, -0.05) is 39.0 Å². The second-order valence-electron chi connectivity index (χ2n) is 4.19. The third-order valence-corrected chi connectivity index (χ3v) is 2.65. The van der Waals surface area contributed by atoms with Gasteiger partial charge in [0.25, 0.3) is 0 Å². The van der Waals surface area contributed by atoms with Crippen LogP contribution >= 0.6 is 0 Å². The predicted octanol–water partition coefficient (Wildman–Crippen LogP) is 2.93. The van der Waals surface area contributed by atoms with Gasteiger partial charge in [0.1, 0.15) is 6.33 Å². The van der Waals surface area contributed by atoms with E-state index in [4.69, 9.17) is 0 Å².